The van der Waals surface area contributed by atoms with Crippen LogP contribution in [-0.2, 0) is 0 Å². The first-order valence-electron chi connectivity index (χ1n) is 10.5. The molecule has 0 aromatic carbocycles. The van der Waals surface area contributed by atoms with E-state index in [0.717, 1.165) is 12.1 Å². The van der Waals surface area contributed by atoms with Gasteiger partial charge in [0.2, 0.25) is 0 Å². The maximum Gasteiger partial charge on any atom is 0.0894 e. The van der Waals surface area contributed by atoms with Crippen molar-refractivity contribution in [1.29, 1.82) is 0 Å². The smallest absolute Gasteiger partial charge is 0.0894 e. The van der Waals surface area contributed by atoms with Crippen LogP contribution in [0.1, 0.15) is 78.1 Å². The summed E-state index contributed by atoms with van der Waals surface area (Å²) in [5.41, 5.74) is 0. The lowest BCUT2D eigenvalue weighted by Crippen LogP contribution is -3.00. The Morgan fingerprint density at radius 1 is 0.542 bits per heavy atom. The average Bonchev–Trinajstić information content (AvgIpc) is 2.63. The monoisotopic (exact) mass is 562 g/mol. The standard InChI is InChI=1S/C20H40N2.2HI/c1-3-21(15-7-5-8-16-21)19-11-13-20(14-12-19)22(4-2)17-9-6-10-18-22;;/h19-20H,3-18H2,1-2H3;2*1H/q+2;;/p-2. The van der Waals surface area contributed by atoms with Gasteiger partial charge >= 0.3 is 0 Å². The second-order valence-electron chi connectivity index (χ2n) is 8.55. The predicted molar refractivity (Wildman–Crippen MR) is 94.8 cm³/mol. The van der Waals surface area contributed by atoms with Gasteiger partial charge in [-0.3, -0.25) is 0 Å². The largest absolute Gasteiger partial charge is 1.00 e. The minimum atomic E-state index is 0. The molecule has 24 heavy (non-hydrogen) atoms. The number of hydrogen-bond acceptors (Lipinski definition) is 0. The van der Waals surface area contributed by atoms with Crippen LogP contribution in [-0.4, -0.2) is 60.3 Å². The average molecular weight is 562 g/mol. The fraction of sp³-hybridized carbons (Fsp3) is 1.00. The van der Waals surface area contributed by atoms with E-state index >= 15 is 0 Å². The molecular formula is C20H40I2N2. The highest BCUT2D eigenvalue weighted by atomic mass is 127. The Morgan fingerprint density at radius 3 is 1.08 bits per heavy atom. The quantitative estimate of drug-likeness (QED) is 0.285. The Morgan fingerprint density at radius 2 is 0.833 bits per heavy atom. The number of nitrogens with zero attached hydrogens (tertiary/aromatic N) is 2. The predicted octanol–water partition coefficient (Wildman–Crippen LogP) is -1.65. The molecule has 3 fully saturated rings. The molecule has 1 saturated carbocycles. The third kappa shape index (κ3) is 4.80. The molecule has 1 aliphatic carbocycles. The van der Waals surface area contributed by atoms with Gasteiger partial charge in [0.1, 0.15) is 0 Å². The highest BCUT2D eigenvalue weighted by molar-refractivity contribution is 4.77. The van der Waals surface area contributed by atoms with E-state index in [0.29, 0.717) is 0 Å². The number of likely N-dealkylation sites (tertiary alicyclic amines) is 2. The van der Waals surface area contributed by atoms with E-state index in [-0.39, 0.29) is 48.0 Å². The molecule has 0 bridgehead atoms. The minimum Gasteiger partial charge on any atom is -1.00 e. The van der Waals surface area contributed by atoms with Crippen LogP contribution in [0.5, 0.6) is 0 Å². The van der Waals surface area contributed by atoms with Crippen molar-refractivity contribution in [3.63, 3.8) is 0 Å². The van der Waals surface area contributed by atoms with Crippen molar-refractivity contribution in [2.24, 2.45) is 0 Å². The first kappa shape index (κ1) is 23.4. The molecule has 0 aromatic heterocycles. The lowest BCUT2D eigenvalue weighted by atomic mass is 9.84. The van der Waals surface area contributed by atoms with Crippen molar-refractivity contribution in [2.45, 2.75) is 90.1 Å². The van der Waals surface area contributed by atoms with Crippen molar-refractivity contribution in [3.8, 4) is 0 Å². The molecule has 0 amide bonds. The molecule has 4 heteroatoms. The van der Waals surface area contributed by atoms with Gasteiger partial charge in [0.25, 0.3) is 0 Å². The van der Waals surface area contributed by atoms with Crippen LogP contribution < -0.4 is 48.0 Å². The van der Waals surface area contributed by atoms with Gasteiger partial charge in [-0.2, -0.15) is 0 Å². The van der Waals surface area contributed by atoms with Gasteiger partial charge in [0, 0.05) is 25.7 Å². The number of halogens is 2. The van der Waals surface area contributed by atoms with Gasteiger partial charge in [-0.15, -0.1) is 0 Å². The lowest BCUT2D eigenvalue weighted by Gasteiger charge is -2.53. The highest BCUT2D eigenvalue weighted by Crippen LogP contribution is 2.37. The van der Waals surface area contributed by atoms with Gasteiger partial charge < -0.3 is 56.9 Å². The number of hydrogen-bond donors (Lipinski definition) is 0. The normalized spacial score (nSPS) is 32.2. The van der Waals surface area contributed by atoms with Crippen LogP contribution in [0.15, 0.2) is 0 Å². The van der Waals surface area contributed by atoms with Crippen LogP contribution in [0.3, 0.4) is 0 Å². The summed E-state index contributed by atoms with van der Waals surface area (Å²) in [7, 11) is 0. The fourth-order valence-corrected chi connectivity index (χ4v) is 6.32. The summed E-state index contributed by atoms with van der Waals surface area (Å²) in [5.74, 6) is 0. The summed E-state index contributed by atoms with van der Waals surface area (Å²) in [6.45, 7) is 13.6. The van der Waals surface area contributed by atoms with Crippen LogP contribution in [0, 0.1) is 0 Å². The first-order chi connectivity index (χ1) is 10.7. The van der Waals surface area contributed by atoms with Crippen LogP contribution >= 0.6 is 0 Å². The molecule has 0 N–H and O–H groups in total. The van der Waals surface area contributed by atoms with E-state index in [2.05, 4.69) is 13.8 Å². The molecule has 2 saturated heterocycles. The van der Waals surface area contributed by atoms with Gasteiger partial charge in [-0.05, 0) is 52.4 Å². The SMILES string of the molecule is CC[N+]1(C2CCC([N+]3(CC)CCCCC3)CC2)CCCCC1.[I-].[I-]. The molecule has 0 radical (unpaired) electrons. The lowest BCUT2D eigenvalue weighted by molar-refractivity contribution is -0.968. The van der Waals surface area contributed by atoms with Crippen molar-refractivity contribution >= 4 is 0 Å². The first-order valence-corrected chi connectivity index (χ1v) is 10.5. The third-order valence-corrected chi connectivity index (χ3v) is 7.89. The van der Waals surface area contributed by atoms with Crippen molar-refractivity contribution in [3.05, 3.63) is 0 Å². The molecule has 3 aliphatic rings. The molecule has 2 heterocycles. The minimum absolute atomic E-state index is 0. The number of piperidine rings is 2. The van der Waals surface area contributed by atoms with E-state index in [1.165, 1.54) is 112 Å². The van der Waals surface area contributed by atoms with Crippen LogP contribution in [0.4, 0.5) is 0 Å². The van der Waals surface area contributed by atoms with Crippen molar-refractivity contribution < 1.29 is 56.9 Å². The molecule has 0 unspecified atom stereocenters. The summed E-state index contributed by atoms with van der Waals surface area (Å²) in [5, 5.41) is 0. The Labute approximate surface area is 185 Å². The summed E-state index contributed by atoms with van der Waals surface area (Å²) in [6.07, 6.45) is 15.0. The Balaban J connectivity index is 0.00000144. The highest BCUT2D eigenvalue weighted by Gasteiger charge is 2.44. The summed E-state index contributed by atoms with van der Waals surface area (Å²) >= 11 is 0. The second-order valence-corrected chi connectivity index (χ2v) is 8.55. The van der Waals surface area contributed by atoms with Crippen molar-refractivity contribution in [2.75, 3.05) is 39.3 Å². The zero-order valence-corrected chi connectivity index (χ0v) is 20.4. The van der Waals surface area contributed by atoms with Crippen molar-refractivity contribution in [1.82, 2.24) is 0 Å². The van der Waals surface area contributed by atoms with E-state index < -0.39 is 0 Å². The summed E-state index contributed by atoms with van der Waals surface area (Å²) in [4.78, 5) is 0. The Bertz CT molecular complexity index is 308. The fourth-order valence-electron chi connectivity index (χ4n) is 6.32. The zero-order chi connectivity index (χ0) is 15.5. The zero-order valence-electron chi connectivity index (χ0n) is 16.1. The maximum atomic E-state index is 2.46. The summed E-state index contributed by atoms with van der Waals surface area (Å²) < 4.78 is 2.97. The maximum absolute atomic E-state index is 2.46. The van der Waals surface area contributed by atoms with E-state index in [9.17, 15) is 0 Å². The van der Waals surface area contributed by atoms with Gasteiger partial charge in [-0.25, -0.2) is 0 Å². The Hall–Kier alpha value is 1.38. The molecule has 0 atom stereocenters. The molecule has 144 valence electrons. The Kier molecular flexibility index (Phi) is 10.4. The number of quaternary nitrogens is 2. The molecule has 2 nitrogen and oxygen atoms in total. The summed E-state index contributed by atoms with van der Waals surface area (Å²) in [6, 6.07) is 2.01. The molecule has 0 aromatic rings. The third-order valence-electron chi connectivity index (χ3n) is 7.89. The topological polar surface area (TPSA) is 0 Å². The van der Waals surface area contributed by atoms with Crippen LogP contribution in [0.2, 0.25) is 0 Å². The molecule has 2 aliphatic heterocycles. The van der Waals surface area contributed by atoms with E-state index in [1.54, 1.807) is 0 Å². The molecule has 3 rings (SSSR count). The van der Waals surface area contributed by atoms with Crippen LogP contribution in [0.25, 0.3) is 0 Å². The van der Waals surface area contributed by atoms with E-state index in [4.69, 9.17) is 0 Å². The van der Waals surface area contributed by atoms with E-state index in [1.807, 2.05) is 0 Å². The number of rotatable bonds is 4. The second kappa shape index (κ2) is 10.6. The molecular weight excluding hydrogens is 522 g/mol. The van der Waals surface area contributed by atoms with Gasteiger partial charge in [0.15, 0.2) is 0 Å². The molecule has 0 spiro atoms. The van der Waals surface area contributed by atoms with Gasteiger partial charge in [0.05, 0.1) is 51.4 Å². The van der Waals surface area contributed by atoms with Gasteiger partial charge in [-0.1, -0.05) is 0 Å².